The van der Waals surface area contributed by atoms with Crippen molar-refractivity contribution < 1.29 is 9.26 Å². The number of rotatable bonds is 7. The molecule has 0 saturated heterocycles. The molecule has 0 radical (unpaired) electrons. The van der Waals surface area contributed by atoms with Crippen molar-refractivity contribution in [2.75, 3.05) is 13.2 Å². The van der Waals surface area contributed by atoms with Crippen LogP contribution in [0.4, 0.5) is 0 Å². The molecule has 2 saturated carbocycles. The molecule has 2 aliphatic carbocycles. The van der Waals surface area contributed by atoms with Crippen molar-refractivity contribution in [3.05, 3.63) is 17.5 Å². The van der Waals surface area contributed by atoms with Gasteiger partial charge in [0.05, 0.1) is 11.8 Å². The van der Waals surface area contributed by atoms with Gasteiger partial charge >= 0.3 is 0 Å². The molecule has 7 heteroatoms. The van der Waals surface area contributed by atoms with Crippen LogP contribution in [0.5, 0.6) is 0 Å². The molecule has 2 atom stereocenters. The summed E-state index contributed by atoms with van der Waals surface area (Å²) in [4.78, 5) is 4.70. The molecule has 2 fully saturated rings. The Morgan fingerprint density at radius 1 is 1.35 bits per heavy atom. The van der Waals surface area contributed by atoms with Crippen LogP contribution in [0.2, 0.25) is 0 Å². The predicted molar refractivity (Wildman–Crippen MR) is 114 cm³/mol. The average Bonchev–Trinajstić information content (AvgIpc) is 3.29. The van der Waals surface area contributed by atoms with Crippen LogP contribution >= 0.6 is 24.0 Å². The first-order chi connectivity index (χ1) is 12.2. The molecule has 1 aromatic rings. The monoisotopic (exact) mass is 476 g/mol. The van der Waals surface area contributed by atoms with E-state index in [-0.39, 0.29) is 24.0 Å². The highest BCUT2D eigenvalue weighted by molar-refractivity contribution is 14.0. The van der Waals surface area contributed by atoms with Crippen molar-refractivity contribution in [1.29, 1.82) is 0 Å². The molecule has 6 nitrogen and oxygen atoms in total. The minimum atomic E-state index is 0. The molecule has 148 valence electrons. The number of aliphatic imine (C=N–C) groups is 1. The maximum absolute atomic E-state index is 6.01. The Kier molecular flexibility index (Phi) is 8.19. The molecular formula is C19H33IN4O2. The van der Waals surface area contributed by atoms with Crippen LogP contribution in [0.25, 0.3) is 0 Å². The summed E-state index contributed by atoms with van der Waals surface area (Å²) in [5.41, 5.74) is 1.28. The SMILES string of the molecule is CCNC(=NCc1cc(CC)no1)NC1CC(OCC)C12CCCC2.I. The van der Waals surface area contributed by atoms with E-state index in [1.807, 2.05) is 6.07 Å². The first kappa shape index (κ1) is 21.5. The third kappa shape index (κ3) is 4.52. The molecular weight excluding hydrogens is 443 g/mol. The average molecular weight is 476 g/mol. The van der Waals surface area contributed by atoms with E-state index in [0.717, 1.165) is 43.4 Å². The Labute approximate surface area is 173 Å². The topological polar surface area (TPSA) is 71.7 Å². The summed E-state index contributed by atoms with van der Waals surface area (Å²) in [5, 5.41) is 11.1. The molecule has 2 N–H and O–H groups in total. The van der Waals surface area contributed by atoms with Gasteiger partial charge in [-0.05, 0) is 39.5 Å². The Morgan fingerprint density at radius 2 is 2.12 bits per heavy atom. The third-order valence-corrected chi connectivity index (χ3v) is 5.71. The van der Waals surface area contributed by atoms with Crippen LogP contribution in [0.1, 0.15) is 64.3 Å². The highest BCUT2D eigenvalue weighted by atomic mass is 127. The molecule has 0 bridgehead atoms. The van der Waals surface area contributed by atoms with Gasteiger partial charge in [-0.25, -0.2) is 4.99 Å². The fraction of sp³-hybridized carbons (Fsp3) is 0.789. The zero-order valence-corrected chi connectivity index (χ0v) is 18.5. The van der Waals surface area contributed by atoms with Gasteiger partial charge in [0.25, 0.3) is 0 Å². The summed E-state index contributed by atoms with van der Waals surface area (Å²) in [6.07, 6.45) is 7.51. The normalized spacial score (nSPS) is 24.2. The van der Waals surface area contributed by atoms with Crippen molar-refractivity contribution in [3.63, 3.8) is 0 Å². The summed E-state index contributed by atoms with van der Waals surface area (Å²) in [5.74, 6) is 1.67. The molecule has 0 aromatic carbocycles. The lowest BCUT2D eigenvalue weighted by atomic mass is 9.60. The lowest BCUT2D eigenvalue weighted by molar-refractivity contribution is -0.125. The molecule has 1 aromatic heterocycles. The molecule has 0 aliphatic heterocycles. The summed E-state index contributed by atoms with van der Waals surface area (Å²) >= 11 is 0. The van der Waals surface area contributed by atoms with Gasteiger partial charge in [-0.1, -0.05) is 24.9 Å². The highest BCUT2D eigenvalue weighted by Gasteiger charge is 2.56. The fourth-order valence-electron chi connectivity index (χ4n) is 4.33. The van der Waals surface area contributed by atoms with Gasteiger partial charge in [-0.2, -0.15) is 0 Å². The first-order valence-electron chi connectivity index (χ1n) is 9.82. The quantitative estimate of drug-likeness (QED) is 0.357. The number of ether oxygens (including phenoxy) is 1. The Balaban J connectivity index is 0.00000243. The zero-order chi connectivity index (χ0) is 17.7. The molecule has 1 heterocycles. The van der Waals surface area contributed by atoms with E-state index in [1.165, 1.54) is 25.7 Å². The van der Waals surface area contributed by atoms with Crippen LogP contribution in [0, 0.1) is 5.41 Å². The smallest absolute Gasteiger partial charge is 0.191 e. The predicted octanol–water partition coefficient (Wildman–Crippen LogP) is 3.65. The minimum Gasteiger partial charge on any atom is -0.378 e. The summed E-state index contributed by atoms with van der Waals surface area (Å²) in [6, 6.07) is 2.44. The van der Waals surface area contributed by atoms with Gasteiger partial charge < -0.3 is 19.9 Å². The van der Waals surface area contributed by atoms with Crippen molar-refractivity contribution in [3.8, 4) is 0 Å². The van der Waals surface area contributed by atoms with Crippen LogP contribution in [-0.4, -0.2) is 36.4 Å². The van der Waals surface area contributed by atoms with Crippen LogP contribution in [-0.2, 0) is 17.7 Å². The second kappa shape index (κ2) is 9.92. The van der Waals surface area contributed by atoms with E-state index < -0.39 is 0 Å². The molecule has 1 spiro atoms. The van der Waals surface area contributed by atoms with Crippen molar-refractivity contribution in [2.24, 2.45) is 10.4 Å². The van der Waals surface area contributed by atoms with E-state index in [1.54, 1.807) is 0 Å². The summed E-state index contributed by atoms with van der Waals surface area (Å²) in [6.45, 7) is 8.42. The number of guanidine groups is 1. The first-order valence-corrected chi connectivity index (χ1v) is 9.82. The van der Waals surface area contributed by atoms with Gasteiger partial charge in [-0.15, -0.1) is 24.0 Å². The molecule has 26 heavy (non-hydrogen) atoms. The zero-order valence-electron chi connectivity index (χ0n) is 16.2. The molecule has 0 amide bonds. The Morgan fingerprint density at radius 3 is 2.73 bits per heavy atom. The molecule has 3 rings (SSSR count). The largest absolute Gasteiger partial charge is 0.378 e. The maximum Gasteiger partial charge on any atom is 0.191 e. The third-order valence-electron chi connectivity index (χ3n) is 5.71. The Hall–Kier alpha value is -0.830. The van der Waals surface area contributed by atoms with Gasteiger partial charge in [0, 0.05) is 30.7 Å². The number of nitrogens with one attached hydrogen (secondary N) is 2. The van der Waals surface area contributed by atoms with E-state index in [9.17, 15) is 0 Å². The van der Waals surface area contributed by atoms with Crippen LogP contribution < -0.4 is 10.6 Å². The maximum atomic E-state index is 6.01. The fourth-order valence-corrected chi connectivity index (χ4v) is 4.33. The van der Waals surface area contributed by atoms with Crippen molar-refractivity contribution >= 4 is 29.9 Å². The van der Waals surface area contributed by atoms with E-state index >= 15 is 0 Å². The molecule has 2 aliphatic rings. The number of aromatic nitrogens is 1. The van der Waals surface area contributed by atoms with Crippen molar-refractivity contribution in [2.45, 2.75) is 78.0 Å². The lowest BCUT2D eigenvalue weighted by Crippen LogP contribution is -2.65. The minimum absolute atomic E-state index is 0. The number of halogens is 1. The van der Waals surface area contributed by atoms with Crippen LogP contribution in [0.3, 0.4) is 0 Å². The lowest BCUT2D eigenvalue weighted by Gasteiger charge is -2.54. The van der Waals surface area contributed by atoms with Gasteiger partial charge in [-0.3, -0.25) is 0 Å². The van der Waals surface area contributed by atoms with Crippen LogP contribution in [0.15, 0.2) is 15.6 Å². The number of aryl methyl sites for hydroxylation is 1. The summed E-state index contributed by atoms with van der Waals surface area (Å²) < 4.78 is 11.3. The molecule has 2 unspecified atom stereocenters. The van der Waals surface area contributed by atoms with E-state index in [4.69, 9.17) is 14.3 Å². The highest BCUT2D eigenvalue weighted by Crippen LogP contribution is 2.54. The van der Waals surface area contributed by atoms with E-state index in [2.05, 4.69) is 36.6 Å². The summed E-state index contributed by atoms with van der Waals surface area (Å²) in [7, 11) is 0. The van der Waals surface area contributed by atoms with Gasteiger partial charge in [0.15, 0.2) is 11.7 Å². The van der Waals surface area contributed by atoms with Crippen molar-refractivity contribution in [1.82, 2.24) is 15.8 Å². The van der Waals surface area contributed by atoms with E-state index in [0.29, 0.717) is 24.1 Å². The second-order valence-corrected chi connectivity index (χ2v) is 7.15. The Bertz CT molecular complexity index is 584. The number of hydrogen-bond acceptors (Lipinski definition) is 4. The number of nitrogens with zero attached hydrogens (tertiary/aromatic N) is 2. The van der Waals surface area contributed by atoms with Gasteiger partial charge in [0.2, 0.25) is 0 Å². The van der Waals surface area contributed by atoms with Gasteiger partial charge in [0.1, 0.15) is 6.54 Å². The number of hydrogen-bond donors (Lipinski definition) is 2. The second-order valence-electron chi connectivity index (χ2n) is 7.15. The standard InChI is InChI=1S/C19H32N4O2.HI/c1-4-14-11-15(25-23-14)13-21-18(20-5-2)22-16-12-17(24-6-3)19(16)9-7-8-10-19;/h11,16-17H,4-10,12-13H2,1-3H3,(H2,20,21,22);1H.